The zero-order chi connectivity index (χ0) is 7.40. The predicted molar refractivity (Wildman–Crippen MR) is 63.3 cm³/mol. The van der Waals surface area contributed by atoms with Crippen molar-refractivity contribution >= 4 is 36.4 Å². The highest BCUT2D eigenvalue weighted by atomic mass is 127. The van der Waals surface area contributed by atoms with Gasteiger partial charge in [-0.05, 0) is 13.5 Å². The number of aryl methyl sites for hydroxylation is 1. The zero-order valence-electron chi connectivity index (χ0n) is 7.06. The molecule has 0 saturated carbocycles. The fourth-order valence-corrected chi connectivity index (χ4v) is 0.856. The van der Waals surface area contributed by atoms with E-state index in [1.54, 1.807) is 0 Å². The Kier molecular flexibility index (Phi) is 9.58. The molecule has 0 aliphatic carbocycles. The van der Waals surface area contributed by atoms with Crippen molar-refractivity contribution in [3.8, 4) is 0 Å². The third kappa shape index (κ3) is 4.27. The third-order valence-electron chi connectivity index (χ3n) is 1.45. The standard InChI is InChI=1S/C7H13N3.ClH.HI/c1-2-10-5-7(3-4-8)9-6-10;;/h5-6H,2-4,8H2,1H3;2*1H. The normalized spacial score (nSPS) is 8.50. The number of hydrogen-bond acceptors (Lipinski definition) is 2. The lowest BCUT2D eigenvalue weighted by Crippen LogP contribution is -2.02. The van der Waals surface area contributed by atoms with Crippen LogP contribution in [0.15, 0.2) is 12.5 Å². The van der Waals surface area contributed by atoms with E-state index in [1.165, 1.54) is 0 Å². The summed E-state index contributed by atoms with van der Waals surface area (Å²) in [4.78, 5) is 4.16. The van der Waals surface area contributed by atoms with Crippen LogP contribution >= 0.6 is 36.4 Å². The van der Waals surface area contributed by atoms with Crippen molar-refractivity contribution in [3.63, 3.8) is 0 Å². The number of hydrogen-bond donors (Lipinski definition) is 1. The van der Waals surface area contributed by atoms with E-state index >= 15 is 0 Å². The van der Waals surface area contributed by atoms with Crippen LogP contribution in [0.1, 0.15) is 12.6 Å². The average molecular weight is 304 g/mol. The minimum absolute atomic E-state index is 0. The van der Waals surface area contributed by atoms with Gasteiger partial charge in [0.1, 0.15) is 0 Å². The molecule has 0 bridgehead atoms. The molecule has 1 heterocycles. The molecule has 5 heteroatoms. The maximum Gasteiger partial charge on any atom is 0.0949 e. The summed E-state index contributed by atoms with van der Waals surface area (Å²) in [6.45, 7) is 3.76. The van der Waals surface area contributed by atoms with Crippen LogP contribution in [0.3, 0.4) is 0 Å². The first-order valence-corrected chi connectivity index (χ1v) is 3.57. The van der Waals surface area contributed by atoms with Gasteiger partial charge in [0.15, 0.2) is 0 Å². The first-order valence-electron chi connectivity index (χ1n) is 3.57. The number of imidazole rings is 1. The van der Waals surface area contributed by atoms with Crippen LogP contribution in [0.5, 0.6) is 0 Å². The van der Waals surface area contributed by atoms with E-state index in [1.807, 2.05) is 17.1 Å². The average Bonchev–Trinajstić information content (AvgIpc) is 2.37. The highest BCUT2D eigenvalue weighted by Crippen LogP contribution is 1.95. The molecule has 0 atom stereocenters. The number of nitrogens with zero attached hydrogens (tertiary/aromatic N) is 2. The van der Waals surface area contributed by atoms with Crippen LogP contribution in [0.25, 0.3) is 0 Å². The molecule has 1 aromatic rings. The topological polar surface area (TPSA) is 43.8 Å². The largest absolute Gasteiger partial charge is 0.337 e. The molecule has 0 fully saturated rings. The van der Waals surface area contributed by atoms with Gasteiger partial charge < -0.3 is 10.3 Å². The predicted octanol–water partition coefficient (Wildman–Crippen LogP) is 1.44. The molecule has 2 N–H and O–H groups in total. The minimum Gasteiger partial charge on any atom is -0.337 e. The lowest BCUT2D eigenvalue weighted by Gasteiger charge is -1.90. The molecule has 0 aliphatic heterocycles. The summed E-state index contributed by atoms with van der Waals surface area (Å²) in [6.07, 6.45) is 4.75. The summed E-state index contributed by atoms with van der Waals surface area (Å²) in [5.74, 6) is 0. The van der Waals surface area contributed by atoms with Gasteiger partial charge in [0, 0.05) is 19.2 Å². The van der Waals surface area contributed by atoms with Gasteiger partial charge in [0.25, 0.3) is 0 Å². The Labute approximate surface area is 96.2 Å². The molecule has 0 aromatic carbocycles. The summed E-state index contributed by atoms with van der Waals surface area (Å²) in [5.41, 5.74) is 6.45. The molecule has 1 aromatic heterocycles. The van der Waals surface area contributed by atoms with E-state index in [-0.39, 0.29) is 36.4 Å². The van der Waals surface area contributed by atoms with Crippen LogP contribution in [0.4, 0.5) is 0 Å². The molecule has 0 unspecified atom stereocenters. The quantitative estimate of drug-likeness (QED) is 0.859. The summed E-state index contributed by atoms with van der Waals surface area (Å²) < 4.78 is 2.05. The fourth-order valence-electron chi connectivity index (χ4n) is 0.856. The Morgan fingerprint density at radius 2 is 2.25 bits per heavy atom. The molecule has 0 spiro atoms. The third-order valence-corrected chi connectivity index (χ3v) is 1.45. The fraction of sp³-hybridized carbons (Fsp3) is 0.571. The van der Waals surface area contributed by atoms with E-state index < -0.39 is 0 Å². The summed E-state index contributed by atoms with van der Waals surface area (Å²) >= 11 is 0. The molecule has 0 amide bonds. The van der Waals surface area contributed by atoms with Gasteiger partial charge in [-0.2, -0.15) is 0 Å². The Morgan fingerprint density at radius 1 is 1.58 bits per heavy atom. The van der Waals surface area contributed by atoms with Crippen molar-refractivity contribution in [2.24, 2.45) is 5.73 Å². The van der Waals surface area contributed by atoms with Crippen LogP contribution in [-0.2, 0) is 13.0 Å². The highest BCUT2D eigenvalue weighted by molar-refractivity contribution is 14.0. The molecular formula is C7H15ClIN3. The van der Waals surface area contributed by atoms with Crippen molar-refractivity contribution in [2.45, 2.75) is 19.9 Å². The van der Waals surface area contributed by atoms with E-state index in [0.717, 1.165) is 18.7 Å². The number of nitrogens with two attached hydrogens (primary N) is 1. The van der Waals surface area contributed by atoms with E-state index in [9.17, 15) is 0 Å². The Morgan fingerprint density at radius 3 is 2.67 bits per heavy atom. The van der Waals surface area contributed by atoms with Crippen LogP contribution < -0.4 is 5.73 Å². The molecule has 72 valence electrons. The van der Waals surface area contributed by atoms with Crippen LogP contribution in [0.2, 0.25) is 0 Å². The van der Waals surface area contributed by atoms with Gasteiger partial charge in [-0.25, -0.2) is 4.98 Å². The van der Waals surface area contributed by atoms with Crippen LogP contribution in [0, 0.1) is 0 Å². The van der Waals surface area contributed by atoms with Crippen molar-refractivity contribution in [1.82, 2.24) is 9.55 Å². The van der Waals surface area contributed by atoms with Gasteiger partial charge >= 0.3 is 0 Å². The maximum absolute atomic E-state index is 5.36. The molecular weight excluding hydrogens is 288 g/mol. The highest BCUT2D eigenvalue weighted by Gasteiger charge is 1.93. The Hall–Kier alpha value is 0.190. The van der Waals surface area contributed by atoms with E-state index in [0.29, 0.717) is 6.54 Å². The number of rotatable bonds is 3. The second kappa shape index (κ2) is 7.82. The van der Waals surface area contributed by atoms with Gasteiger partial charge in [-0.3, -0.25) is 0 Å². The summed E-state index contributed by atoms with van der Waals surface area (Å²) in [7, 11) is 0. The zero-order valence-corrected chi connectivity index (χ0v) is 10.2. The van der Waals surface area contributed by atoms with Crippen molar-refractivity contribution in [2.75, 3.05) is 6.54 Å². The van der Waals surface area contributed by atoms with Crippen molar-refractivity contribution < 1.29 is 0 Å². The second-order valence-corrected chi connectivity index (χ2v) is 2.23. The van der Waals surface area contributed by atoms with E-state index in [2.05, 4.69) is 11.9 Å². The molecule has 12 heavy (non-hydrogen) atoms. The second-order valence-electron chi connectivity index (χ2n) is 2.23. The smallest absolute Gasteiger partial charge is 0.0949 e. The van der Waals surface area contributed by atoms with Crippen molar-refractivity contribution in [3.05, 3.63) is 18.2 Å². The lowest BCUT2D eigenvalue weighted by molar-refractivity contribution is 0.760. The molecule has 3 nitrogen and oxygen atoms in total. The molecule has 1 rings (SSSR count). The van der Waals surface area contributed by atoms with Gasteiger partial charge in [0.05, 0.1) is 12.0 Å². The number of aromatic nitrogens is 2. The lowest BCUT2D eigenvalue weighted by atomic mass is 10.3. The Balaban J connectivity index is 0. The van der Waals surface area contributed by atoms with Gasteiger partial charge in [-0.15, -0.1) is 36.4 Å². The van der Waals surface area contributed by atoms with E-state index in [4.69, 9.17) is 5.73 Å². The maximum atomic E-state index is 5.36. The first-order chi connectivity index (χ1) is 4.86. The van der Waals surface area contributed by atoms with Crippen molar-refractivity contribution in [1.29, 1.82) is 0 Å². The van der Waals surface area contributed by atoms with Gasteiger partial charge in [0.2, 0.25) is 0 Å². The SMILES string of the molecule is CCn1cnc(CCN)c1.Cl.I. The Bertz CT molecular complexity index is 202. The summed E-state index contributed by atoms with van der Waals surface area (Å²) in [6, 6.07) is 0. The van der Waals surface area contributed by atoms with Gasteiger partial charge in [-0.1, -0.05) is 0 Å². The summed E-state index contributed by atoms with van der Waals surface area (Å²) in [5, 5.41) is 0. The first kappa shape index (κ1) is 14.7. The number of halogens is 2. The van der Waals surface area contributed by atoms with Crippen LogP contribution in [-0.4, -0.2) is 16.1 Å². The minimum atomic E-state index is 0. The monoisotopic (exact) mass is 303 g/mol. The molecule has 0 radical (unpaired) electrons. The molecule has 0 aliphatic rings. The molecule has 0 saturated heterocycles.